The molecular formula is C18H27N3O2. The van der Waals surface area contributed by atoms with Crippen LogP contribution in [0.1, 0.15) is 43.0 Å². The lowest BCUT2D eigenvalue weighted by atomic mass is 9.86. The number of hydrogen-bond acceptors (Lipinski definition) is 4. The molecule has 0 spiro atoms. The highest BCUT2D eigenvalue weighted by molar-refractivity contribution is 5.95. The van der Waals surface area contributed by atoms with Crippen molar-refractivity contribution < 1.29 is 9.53 Å². The van der Waals surface area contributed by atoms with Crippen LogP contribution in [0.5, 0.6) is 0 Å². The van der Waals surface area contributed by atoms with Gasteiger partial charge in [0.15, 0.2) is 0 Å². The minimum Gasteiger partial charge on any atom is -0.399 e. The van der Waals surface area contributed by atoms with E-state index in [2.05, 4.69) is 17.1 Å². The summed E-state index contributed by atoms with van der Waals surface area (Å²) >= 11 is 0. The number of morpholine rings is 1. The summed E-state index contributed by atoms with van der Waals surface area (Å²) in [4.78, 5) is 15.1. The number of rotatable bonds is 4. The average molecular weight is 317 g/mol. The van der Waals surface area contributed by atoms with Crippen LogP contribution in [0.3, 0.4) is 0 Å². The molecule has 1 aliphatic carbocycles. The van der Waals surface area contributed by atoms with Gasteiger partial charge in [-0.25, -0.2) is 0 Å². The van der Waals surface area contributed by atoms with Gasteiger partial charge in [0.2, 0.25) is 0 Å². The molecule has 5 heteroatoms. The number of nitrogens with zero attached hydrogens (tertiary/aromatic N) is 1. The first kappa shape index (κ1) is 16.3. The summed E-state index contributed by atoms with van der Waals surface area (Å²) in [5.41, 5.74) is 7.11. The van der Waals surface area contributed by atoms with Crippen molar-refractivity contribution in [3.63, 3.8) is 0 Å². The molecule has 0 bridgehead atoms. The van der Waals surface area contributed by atoms with Gasteiger partial charge in [-0.2, -0.15) is 0 Å². The summed E-state index contributed by atoms with van der Waals surface area (Å²) < 4.78 is 5.50. The van der Waals surface area contributed by atoms with E-state index in [1.54, 1.807) is 12.1 Å². The Balaban J connectivity index is 1.73. The average Bonchev–Trinajstić information content (AvgIpc) is 3.06. The summed E-state index contributed by atoms with van der Waals surface area (Å²) in [5, 5.41) is 3.23. The Labute approximate surface area is 138 Å². The van der Waals surface area contributed by atoms with E-state index in [9.17, 15) is 4.79 Å². The number of anilines is 1. The molecule has 2 fully saturated rings. The van der Waals surface area contributed by atoms with Crippen LogP contribution in [-0.2, 0) is 4.74 Å². The van der Waals surface area contributed by atoms with Gasteiger partial charge in [0.25, 0.3) is 5.91 Å². The number of benzene rings is 1. The van der Waals surface area contributed by atoms with Crippen LogP contribution in [-0.4, -0.2) is 48.7 Å². The monoisotopic (exact) mass is 317 g/mol. The molecule has 1 amide bonds. The van der Waals surface area contributed by atoms with E-state index in [-0.39, 0.29) is 17.5 Å². The molecule has 1 heterocycles. The van der Waals surface area contributed by atoms with Gasteiger partial charge in [0, 0.05) is 35.9 Å². The van der Waals surface area contributed by atoms with E-state index < -0.39 is 0 Å². The smallest absolute Gasteiger partial charge is 0.251 e. The summed E-state index contributed by atoms with van der Waals surface area (Å²) in [6.45, 7) is 5.64. The second-order valence-electron chi connectivity index (χ2n) is 6.73. The molecule has 3 N–H and O–H groups in total. The van der Waals surface area contributed by atoms with Crippen molar-refractivity contribution >= 4 is 11.6 Å². The molecular weight excluding hydrogens is 290 g/mol. The first-order chi connectivity index (χ1) is 11.1. The highest BCUT2D eigenvalue weighted by Gasteiger charge is 2.44. The van der Waals surface area contributed by atoms with Gasteiger partial charge in [-0.1, -0.05) is 18.9 Å². The number of hydrogen-bond donors (Lipinski definition) is 2. The molecule has 0 radical (unpaired) electrons. The molecule has 3 rings (SSSR count). The van der Waals surface area contributed by atoms with E-state index in [1.807, 2.05) is 12.1 Å². The topological polar surface area (TPSA) is 67.6 Å². The molecule has 1 saturated heterocycles. The minimum absolute atomic E-state index is 0.0377. The van der Waals surface area contributed by atoms with Crippen LogP contribution in [0.15, 0.2) is 24.3 Å². The second-order valence-corrected chi connectivity index (χ2v) is 6.73. The maximum Gasteiger partial charge on any atom is 0.251 e. The van der Waals surface area contributed by atoms with Crippen LogP contribution >= 0.6 is 0 Å². The molecule has 0 aromatic heterocycles. The summed E-state index contributed by atoms with van der Waals surface area (Å²) in [6, 6.07) is 7.28. The second kappa shape index (κ2) is 6.89. The third-order valence-electron chi connectivity index (χ3n) is 5.41. The van der Waals surface area contributed by atoms with Crippen LogP contribution in [0, 0.1) is 0 Å². The summed E-state index contributed by atoms with van der Waals surface area (Å²) in [5.74, 6) is -0.0377. The highest BCUT2D eigenvalue weighted by atomic mass is 16.5. The third-order valence-corrected chi connectivity index (χ3v) is 5.41. The first-order valence-electron chi connectivity index (χ1n) is 8.61. The van der Waals surface area contributed by atoms with Crippen molar-refractivity contribution in [2.24, 2.45) is 0 Å². The van der Waals surface area contributed by atoms with Crippen molar-refractivity contribution in [1.82, 2.24) is 10.2 Å². The first-order valence-corrected chi connectivity index (χ1v) is 8.61. The highest BCUT2D eigenvalue weighted by Crippen LogP contribution is 2.38. The van der Waals surface area contributed by atoms with Crippen molar-refractivity contribution in [2.75, 3.05) is 32.0 Å². The summed E-state index contributed by atoms with van der Waals surface area (Å²) in [6.07, 6.45) is 4.75. The molecule has 1 atom stereocenters. The molecule has 2 aliphatic rings. The Hall–Kier alpha value is -1.59. The maximum absolute atomic E-state index is 12.6. The third kappa shape index (κ3) is 3.35. The standard InChI is InChI=1S/C18H27N3O2/c1-14(20-17(22)15-5-4-6-16(19)13-15)18(7-2-3-8-18)21-9-11-23-12-10-21/h4-6,13-14H,2-3,7-12,19H2,1H3,(H,20,22). The number of carbonyl (C=O) groups is 1. The fourth-order valence-corrected chi connectivity index (χ4v) is 4.11. The number of ether oxygens (including phenoxy) is 1. The van der Waals surface area contributed by atoms with Gasteiger partial charge in [-0.3, -0.25) is 9.69 Å². The molecule has 1 unspecified atom stereocenters. The van der Waals surface area contributed by atoms with Crippen molar-refractivity contribution in [1.29, 1.82) is 0 Å². The zero-order valence-electron chi connectivity index (χ0n) is 13.9. The van der Waals surface area contributed by atoms with Gasteiger partial charge in [0.1, 0.15) is 0 Å². The number of amides is 1. The molecule has 23 heavy (non-hydrogen) atoms. The number of carbonyl (C=O) groups excluding carboxylic acids is 1. The minimum atomic E-state index is -0.0377. The van der Waals surface area contributed by atoms with Gasteiger partial charge in [-0.05, 0) is 38.0 Å². The SMILES string of the molecule is CC(NC(=O)c1cccc(N)c1)C1(N2CCOCC2)CCCC1. The zero-order chi connectivity index (χ0) is 16.3. The van der Waals surface area contributed by atoms with Crippen LogP contribution < -0.4 is 11.1 Å². The predicted molar refractivity (Wildman–Crippen MR) is 91.4 cm³/mol. The Morgan fingerprint density at radius 3 is 2.65 bits per heavy atom. The Morgan fingerprint density at radius 1 is 1.30 bits per heavy atom. The van der Waals surface area contributed by atoms with Gasteiger partial charge < -0.3 is 15.8 Å². The van der Waals surface area contributed by atoms with Crippen LogP contribution in [0.4, 0.5) is 5.69 Å². The van der Waals surface area contributed by atoms with Gasteiger partial charge in [-0.15, -0.1) is 0 Å². The Kier molecular flexibility index (Phi) is 4.87. The van der Waals surface area contributed by atoms with E-state index in [4.69, 9.17) is 10.5 Å². The van der Waals surface area contributed by atoms with E-state index in [1.165, 1.54) is 12.8 Å². The van der Waals surface area contributed by atoms with Crippen molar-refractivity contribution in [2.45, 2.75) is 44.2 Å². The molecule has 1 aromatic carbocycles. The molecule has 5 nitrogen and oxygen atoms in total. The van der Waals surface area contributed by atoms with Crippen molar-refractivity contribution in [3.05, 3.63) is 29.8 Å². The largest absolute Gasteiger partial charge is 0.399 e. The Morgan fingerprint density at radius 2 is 2.00 bits per heavy atom. The van der Waals surface area contributed by atoms with E-state index in [0.717, 1.165) is 39.1 Å². The number of nitrogen functional groups attached to an aromatic ring is 1. The quantitative estimate of drug-likeness (QED) is 0.834. The number of nitrogens with two attached hydrogens (primary N) is 1. The lowest BCUT2D eigenvalue weighted by Gasteiger charge is -2.47. The van der Waals surface area contributed by atoms with E-state index >= 15 is 0 Å². The predicted octanol–water partition coefficient (Wildman–Crippen LogP) is 2.03. The summed E-state index contributed by atoms with van der Waals surface area (Å²) in [7, 11) is 0. The molecule has 1 saturated carbocycles. The Bertz CT molecular complexity index is 549. The fourth-order valence-electron chi connectivity index (χ4n) is 4.11. The maximum atomic E-state index is 12.6. The van der Waals surface area contributed by atoms with Gasteiger partial charge in [0.05, 0.1) is 13.2 Å². The lowest BCUT2D eigenvalue weighted by Crippen LogP contribution is -2.62. The number of nitrogens with one attached hydrogen (secondary N) is 1. The van der Waals surface area contributed by atoms with Crippen LogP contribution in [0.2, 0.25) is 0 Å². The molecule has 1 aromatic rings. The van der Waals surface area contributed by atoms with E-state index in [0.29, 0.717) is 11.3 Å². The molecule has 126 valence electrons. The lowest BCUT2D eigenvalue weighted by molar-refractivity contribution is -0.0323. The molecule has 1 aliphatic heterocycles. The van der Waals surface area contributed by atoms with Gasteiger partial charge >= 0.3 is 0 Å². The normalized spacial score (nSPS) is 22.7. The zero-order valence-corrected chi connectivity index (χ0v) is 13.9. The fraction of sp³-hybridized carbons (Fsp3) is 0.611. The van der Waals surface area contributed by atoms with Crippen molar-refractivity contribution in [3.8, 4) is 0 Å². The van der Waals surface area contributed by atoms with Crippen LogP contribution in [0.25, 0.3) is 0 Å².